The molecule has 0 atom stereocenters. The van der Waals surface area contributed by atoms with Gasteiger partial charge in [0.25, 0.3) is 5.91 Å². The van der Waals surface area contributed by atoms with Crippen molar-refractivity contribution >= 4 is 5.91 Å². The van der Waals surface area contributed by atoms with E-state index in [2.05, 4.69) is 10.5 Å². The first-order valence-corrected chi connectivity index (χ1v) is 6.48. The van der Waals surface area contributed by atoms with E-state index in [0.29, 0.717) is 18.0 Å². The average Bonchev–Trinajstić information content (AvgIpc) is 2.95. The third-order valence-electron chi connectivity index (χ3n) is 2.94. The first-order chi connectivity index (χ1) is 9.60. The van der Waals surface area contributed by atoms with Crippen LogP contribution in [0.3, 0.4) is 0 Å². The van der Waals surface area contributed by atoms with E-state index in [4.69, 9.17) is 9.26 Å². The van der Waals surface area contributed by atoms with Gasteiger partial charge in [0.2, 0.25) is 0 Å². The van der Waals surface area contributed by atoms with Crippen LogP contribution in [-0.2, 0) is 6.54 Å². The molecule has 1 aromatic heterocycles. The van der Waals surface area contributed by atoms with Gasteiger partial charge in [-0.05, 0) is 17.7 Å². The number of ether oxygens (including phenoxy) is 1. The van der Waals surface area contributed by atoms with Crippen molar-refractivity contribution in [2.45, 2.75) is 26.3 Å². The lowest BCUT2D eigenvalue weighted by molar-refractivity contribution is 0.0941. The number of benzene rings is 1. The number of hydrogen-bond acceptors (Lipinski definition) is 4. The first kappa shape index (κ1) is 14.1. The van der Waals surface area contributed by atoms with E-state index >= 15 is 0 Å². The normalized spacial score (nSPS) is 10.6. The van der Waals surface area contributed by atoms with Gasteiger partial charge in [-0.1, -0.05) is 31.1 Å². The van der Waals surface area contributed by atoms with Crippen molar-refractivity contribution in [1.82, 2.24) is 10.5 Å². The van der Waals surface area contributed by atoms with Crippen molar-refractivity contribution in [3.05, 3.63) is 47.3 Å². The molecule has 0 aliphatic rings. The Morgan fingerprint density at radius 1 is 1.35 bits per heavy atom. The summed E-state index contributed by atoms with van der Waals surface area (Å²) in [7, 11) is 1.62. The molecule has 2 aromatic rings. The second-order valence-corrected chi connectivity index (χ2v) is 4.80. The Bertz CT molecular complexity index is 573. The van der Waals surface area contributed by atoms with Crippen LogP contribution in [0.25, 0.3) is 0 Å². The number of hydrogen-bond donors (Lipinski definition) is 1. The predicted octanol–water partition coefficient (Wildman–Crippen LogP) is 2.74. The summed E-state index contributed by atoms with van der Waals surface area (Å²) in [5.41, 5.74) is 1.30. The molecule has 0 fully saturated rings. The highest BCUT2D eigenvalue weighted by molar-refractivity contribution is 5.92. The molecule has 0 bridgehead atoms. The zero-order valence-corrected chi connectivity index (χ0v) is 11.8. The maximum absolute atomic E-state index is 11.9. The molecule has 0 aliphatic carbocycles. The van der Waals surface area contributed by atoms with E-state index in [-0.39, 0.29) is 11.8 Å². The molecule has 0 spiro atoms. The minimum atomic E-state index is -0.239. The third kappa shape index (κ3) is 3.38. The fourth-order valence-electron chi connectivity index (χ4n) is 1.68. The van der Waals surface area contributed by atoms with Crippen molar-refractivity contribution in [2.75, 3.05) is 7.11 Å². The van der Waals surface area contributed by atoms with Crippen molar-refractivity contribution in [3.63, 3.8) is 0 Å². The molecule has 20 heavy (non-hydrogen) atoms. The molecule has 106 valence electrons. The quantitative estimate of drug-likeness (QED) is 0.910. The second-order valence-electron chi connectivity index (χ2n) is 4.80. The zero-order valence-electron chi connectivity index (χ0n) is 11.8. The summed E-state index contributed by atoms with van der Waals surface area (Å²) in [6, 6.07) is 9.19. The molecule has 5 heteroatoms. The topological polar surface area (TPSA) is 64.4 Å². The third-order valence-corrected chi connectivity index (χ3v) is 2.94. The largest absolute Gasteiger partial charge is 0.497 e. The monoisotopic (exact) mass is 274 g/mol. The molecule has 1 N–H and O–H groups in total. The van der Waals surface area contributed by atoms with Crippen LogP contribution >= 0.6 is 0 Å². The van der Waals surface area contributed by atoms with Crippen LogP contribution in [0, 0.1) is 0 Å². The summed E-state index contributed by atoms with van der Waals surface area (Å²) in [4.78, 5) is 11.9. The number of nitrogens with zero attached hydrogens (tertiary/aromatic N) is 1. The molecule has 0 saturated carbocycles. The van der Waals surface area contributed by atoms with Crippen LogP contribution in [0.5, 0.6) is 5.75 Å². The van der Waals surface area contributed by atoms with Gasteiger partial charge in [-0.15, -0.1) is 0 Å². The summed E-state index contributed by atoms with van der Waals surface area (Å²) in [5.74, 6) is 1.47. The van der Waals surface area contributed by atoms with Gasteiger partial charge in [-0.25, -0.2) is 0 Å². The van der Waals surface area contributed by atoms with Crippen LogP contribution < -0.4 is 10.1 Å². The average molecular weight is 274 g/mol. The van der Waals surface area contributed by atoms with Crippen molar-refractivity contribution in [2.24, 2.45) is 0 Å². The van der Waals surface area contributed by atoms with Crippen LogP contribution in [0.4, 0.5) is 0 Å². The fourth-order valence-corrected chi connectivity index (χ4v) is 1.68. The summed E-state index contributed by atoms with van der Waals surface area (Å²) in [6.07, 6.45) is 0. The predicted molar refractivity (Wildman–Crippen MR) is 74.8 cm³/mol. The molecular formula is C15H18N2O3. The van der Waals surface area contributed by atoms with E-state index in [0.717, 1.165) is 11.3 Å². The first-order valence-electron chi connectivity index (χ1n) is 6.48. The smallest absolute Gasteiger partial charge is 0.273 e. The van der Waals surface area contributed by atoms with Crippen molar-refractivity contribution in [3.8, 4) is 5.75 Å². The molecule has 1 amide bonds. The number of aromatic nitrogens is 1. The Morgan fingerprint density at radius 2 is 2.05 bits per heavy atom. The van der Waals surface area contributed by atoms with Gasteiger partial charge in [0, 0.05) is 18.5 Å². The Labute approximate surface area is 117 Å². The van der Waals surface area contributed by atoms with Gasteiger partial charge in [0.05, 0.1) is 7.11 Å². The summed E-state index contributed by atoms with van der Waals surface area (Å²) >= 11 is 0. The molecule has 1 heterocycles. The van der Waals surface area contributed by atoms with E-state index in [9.17, 15) is 4.79 Å². The SMILES string of the molecule is COc1ccc(CNC(=O)c2cc(C(C)C)on2)cc1. The van der Waals surface area contributed by atoms with E-state index in [1.165, 1.54) is 0 Å². The molecule has 5 nitrogen and oxygen atoms in total. The molecule has 0 radical (unpaired) electrons. The molecule has 1 aromatic carbocycles. The van der Waals surface area contributed by atoms with Gasteiger partial charge in [0.1, 0.15) is 11.5 Å². The maximum Gasteiger partial charge on any atom is 0.273 e. The highest BCUT2D eigenvalue weighted by Gasteiger charge is 2.13. The van der Waals surface area contributed by atoms with Crippen molar-refractivity contribution in [1.29, 1.82) is 0 Å². The fraction of sp³-hybridized carbons (Fsp3) is 0.333. The number of amides is 1. The molecule has 2 rings (SSSR count). The lowest BCUT2D eigenvalue weighted by Gasteiger charge is -2.04. The highest BCUT2D eigenvalue weighted by Crippen LogP contribution is 2.15. The van der Waals surface area contributed by atoms with Crippen LogP contribution in [0.15, 0.2) is 34.9 Å². The van der Waals surface area contributed by atoms with Crippen LogP contribution in [-0.4, -0.2) is 18.2 Å². The van der Waals surface area contributed by atoms with Crippen LogP contribution in [0.1, 0.15) is 41.6 Å². The van der Waals surface area contributed by atoms with Gasteiger partial charge in [-0.3, -0.25) is 4.79 Å². The number of carbonyl (C=O) groups is 1. The molecular weight excluding hydrogens is 256 g/mol. The number of rotatable bonds is 5. The molecule has 0 unspecified atom stereocenters. The Morgan fingerprint density at radius 3 is 2.60 bits per heavy atom. The standard InChI is InChI=1S/C15H18N2O3/c1-10(2)14-8-13(17-20-14)15(18)16-9-11-4-6-12(19-3)7-5-11/h4-8,10H,9H2,1-3H3,(H,16,18). The highest BCUT2D eigenvalue weighted by atomic mass is 16.5. The Kier molecular flexibility index (Phi) is 4.40. The maximum atomic E-state index is 11.9. The van der Waals surface area contributed by atoms with E-state index < -0.39 is 0 Å². The van der Waals surface area contributed by atoms with Gasteiger partial charge < -0.3 is 14.6 Å². The van der Waals surface area contributed by atoms with Crippen molar-refractivity contribution < 1.29 is 14.1 Å². The lowest BCUT2D eigenvalue weighted by Crippen LogP contribution is -2.23. The molecule has 0 aliphatic heterocycles. The zero-order chi connectivity index (χ0) is 14.5. The second kappa shape index (κ2) is 6.23. The van der Waals surface area contributed by atoms with Gasteiger partial charge in [0.15, 0.2) is 5.69 Å². The minimum absolute atomic E-state index is 0.214. The summed E-state index contributed by atoms with van der Waals surface area (Å²) in [6.45, 7) is 4.41. The van der Waals surface area contributed by atoms with Gasteiger partial charge >= 0.3 is 0 Å². The minimum Gasteiger partial charge on any atom is -0.497 e. The number of nitrogens with one attached hydrogen (secondary N) is 1. The van der Waals surface area contributed by atoms with E-state index in [1.807, 2.05) is 38.1 Å². The Hall–Kier alpha value is -2.30. The van der Waals surface area contributed by atoms with Gasteiger partial charge in [-0.2, -0.15) is 0 Å². The molecule has 0 saturated heterocycles. The van der Waals surface area contributed by atoms with E-state index in [1.54, 1.807) is 13.2 Å². The number of methoxy groups -OCH3 is 1. The summed E-state index contributed by atoms with van der Waals surface area (Å²) in [5, 5.41) is 6.57. The Balaban J connectivity index is 1.93. The number of carbonyl (C=O) groups excluding carboxylic acids is 1. The lowest BCUT2D eigenvalue weighted by atomic mass is 10.1. The summed E-state index contributed by atoms with van der Waals surface area (Å²) < 4.78 is 10.2. The van der Waals surface area contributed by atoms with Crippen LogP contribution in [0.2, 0.25) is 0 Å².